The average molecular weight is 1020 g/mol. The van der Waals surface area contributed by atoms with Gasteiger partial charge in [0.1, 0.15) is 13.2 Å². The second-order valence-electron chi connectivity index (χ2n) is 21.7. The third kappa shape index (κ3) is 55.8. The molecule has 0 rings (SSSR count). The minimum Gasteiger partial charge on any atom is -0.387 e. The summed E-state index contributed by atoms with van der Waals surface area (Å²) in [5, 5.41) is 13.9. The van der Waals surface area contributed by atoms with Crippen LogP contribution in [0.25, 0.3) is 0 Å². The first kappa shape index (κ1) is 69.2. The summed E-state index contributed by atoms with van der Waals surface area (Å²) in [5.74, 6) is -0.191. The number of phosphoric ester groups is 1. The fourth-order valence-corrected chi connectivity index (χ4v) is 9.43. The third-order valence-electron chi connectivity index (χ3n) is 13.4. The first-order valence-electron chi connectivity index (χ1n) is 30.2. The van der Waals surface area contributed by atoms with E-state index in [1.807, 2.05) is 27.2 Å². The Morgan fingerprint density at radius 1 is 0.479 bits per heavy atom. The second kappa shape index (κ2) is 53.0. The van der Waals surface area contributed by atoms with Gasteiger partial charge in [-0.25, -0.2) is 4.57 Å². The van der Waals surface area contributed by atoms with Crippen molar-refractivity contribution in [3.63, 3.8) is 0 Å². The van der Waals surface area contributed by atoms with Gasteiger partial charge in [0.25, 0.3) is 0 Å². The van der Waals surface area contributed by atoms with Crippen LogP contribution in [-0.2, 0) is 18.4 Å². The summed E-state index contributed by atoms with van der Waals surface area (Å²) < 4.78 is 23.7. The second-order valence-corrected chi connectivity index (χ2v) is 23.2. The van der Waals surface area contributed by atoms with Gasteiger partial charge in [0.15, 0.2) is 0 Å². The Balaban J connectivity index is 4.21. The number of unbranched alkanes of at least 4 members (excludes halogenated alkanes) is 34. The number of amides is 1. The largest absolute Gasteiger partial charge is 0.472 e. The quantitative estimate of drug-likeness (QED) is 0.0243. The molecule has 71 heavy (non-hydrogen) atoms. The van der Waals surface area contributed by atoms with Gasteiger partial charge in [-0.3, -0.25) is 13.8 Å². The topological polar surface area (TPSA) is 105 Å². The van der Waals surface area contributed by atoms with Crippen LogP contribution in [0.2, 0.25) is 0 Å². The molecule has 0 aromatic heterocycles. The van der Waals surface area contributed by atoms with E-state index in [1.54, 1.807) is 6.08 Å². The molecule has 0 aromatic carbocycles. The van der Waals surface area contributed by atoms with Crippen LogP contribution in [0.4, 0.5) is 0 Å². The summed E-state index contributed by atoms with van der Waals surface area (Å²) in [7, 11) is 1.55. The predicted octanol–water partition coefficient (Wildman–Crippen LogP) is 18.5. The minimum absolute atomic E-state index is 0.0522. The SMILES string of the molecule is CCCCCCCCCCC/C=C\C/C=C\CCCCCCCCCCCCCCCC(=O)NC(COP(=O)(O)OCC[N+](C)(C)C)C(O)/C=C/CC/C=C/CC/C=C/CCCCCCCCCCCC. The maximum Gasteiger partial charge on any atom is 0.472 e. The highest BCUT2D eigenvalue weighted by Gasteiger charge is 2.27. The maximum atomic E-state index is 13.0. The van der Waals surface area contributed by atoms with E-state index in [4.69, 9.17) is 9.05 Å². The Morgan fingerprint density at radius 2 is 0.817 bits per heavy atom. The maximum absolute atomic E-state index is 13.0. The van der Waals surface area contributed by atoms with Crippen LogP contribution < -0.4 is 5.32 Å². The van der Waals surface area contributed by atoms with Crippen molar-refractivity contribution in [1.82, 2.24) is 5.32 Å². The van der Waals surface area contributed by atoms with E-state index >= 15 is 0 Å². The zero-order chi connectivity index (χ0) is 52.0. The molecule has 1 amide bonds. The lowest BCUT2D eigenvalue weighted by Gasteiger charge is -2.25. The van der Waals surface area contributed by atoms with Crippen molar-refractivity contribution < 1.29 is 32.9 Å². The molecule has 0 bridgehead atoms. The van der Waals surface area contributed by atoms with Gasteiger partial charge < -0.3 is 19.8 Å². The number of hydrogen-bond donors (Lipinski definition) is 3. The molecule has 3 N–H and O–H groups in total. The number of hydrogen-bond acceptors (Lipinski definition) is 5. The monoisotopic (exact) mass is 1020 g/mol. The fraction of sp³-hybridized carbons (Fsp3) is 0.823. The number of nitrogens with one attached hydrogen (secondary N) is 1. The van der Waals surface area contributed by atoms with Gasteiger partial charge in [-0.15, -0.1) is 0 Å². The van der Waals surface area contributed by atoms with E-state index in [-0.39, 0.29) is 19.1 Å². The minimum atomic E-state index is -4.36. The van der Waals surface area contributed by atoms with Gasteiger partial charge >= 0.3 is 7.82 Å². The Morgan fingerprint density at radius 3 is 1.21 bits per heavy atom. The number of quaternary nitrogens is 1. The molecule has 0 fully saturated rings. The van der Waals surface area contributed by atoms with E-state index in [1.165, 1.54) is 205 Å². The first-order chi connectivity index (χ1) is 34.5. The smallest absolute Gasteiger partial charge is 0.387 e. The van der Waals surface area contributed by atoms with Crippen LogP contribution >= 0.6 is 7.82 Å². The van der Waals surface area contributed by atoms with Crippen molar-refractivity contribution in [2.75, 3.05) is 40.9 Å². The number of allylic oxidation sites excluding steroid dienone is 9. The molecule has 0 aromatic rings. The summed E-state index contributed by atoms with van der Waals surface area (Å²) >= 11 is 0. The van der Waals surface area contributed by atoms with Crippen LogP contribution in [0.3, 0.4) is 0 Å². The molecule has 0 aliphatic carbocycles. The summed E-state index contributed by atoms with van der Waals surface area (Å²) in [6.07, 6.45) is 71.9. The molecular formula is C62H118N2O6P+. The van der Waals surface area contributed by atoms with Gasteiger partial charge in [0.05, 0.1) is 39.9 Å². The summed E-state index contributed by atoms with van der Waals surface area (Å²) in [5.41, 5.74) is 0. The lowest BCUT2D eigenvalue weighted by atomic mass is 10.0. The first-order valence-corrected chi connectivity index (χ1v) is 31.7. The van der Waals surface area contributed by atoms with Crippen LogP contribution in [0, 0.1) is 0 Å². The zero-order valence-electron chi connectivity index (χ0n) is 47.5. The molecule has 0 heterocycles. The number of likely N-dealkylation sites (N-methyl/N-ethyl adjacent to an activating group) is 1. The Hall–Kier alpha value is -1.80. The van der Waals surface area contributed by atoms with E-state index in [0.717, 1.165) is 51.4 Å². The van der Waals surface area contributed by atoms with Crippen molar-refractivity contribution in [3.8, 4) is 0 Å². The van der Waals surface area contributed by atoms with E-state index < -0.39 is 20.0 Å². The van der Waals surface area contributed by atoms with Gasteiger partial charge in [-0.1, -0.05) is 254 Å². The van der Waals surface area contributed by atoms with Gasteiger partial charge in [0, 0.05) is 6.42 Å². The molecule has 0 saturated carbocycles. The number of carbonyl (C=O) groups excluding carboxylic acids is 1. The van der Waals surface area contributed by atoms with Crippen molar-refractivity contribution in [2.24, 2.45) is 0 Å². The molecule has 0 aliphatic rings. The lowest BCUT2D eigenvalue weighted by Crippen LogP contribution is -2.45. The number of phosphoric acid groups is 1. The highest BCUT2D eigenvalue weighted by Crippen LogP contribution is 2.43. The Labute approximate surface area is 441 Å². The standard InChI is InChI=1S/C62H117N2O6P/c1-6-8-10-12-14-16-18-20-22-24-26-28-29-30-31-32-33-34-35-36-38-40-42-44-46-48-50-52-54-56-62(66)63-60(59-70-71(67,68)69-58-57-64(3,4)5)61(65)55-53-51-49-47-45-43-41-39-37-27-25-23-21-19-17-15-13-11-9-7-2/h26,28,30-31,37,39,45,47,53,55,60-61,65H,6-25,27,29,32-36,38,40-44,46,48-52,54,56-59H2,1-5H3,(H-,63,66,67,68)/p+1/b28-26-,31-30-,39-37+,47-45+,55-53+. The third-order valence-corrected chi connectivity index (χ3v) is 14.4. The van der Waals surface area contributed by atoms with Gasteiger partial charge in [-0.2, -0.15) is 0 Å². The summed E-state index contributed by atoms with van der Waals surface area (Å²) in [6.45, 7) is 4.81. The molecule has 0 saturated heterocycles. The normalized spacial score (nSPS) is 14.3. The summed E-state index contributed by atoms with van der Waals surface area (Å²) in [6, 6.07) is -0.873. The molecule has 9 heteroatoms. The van der Waals surface area contributed by atoms with E-state index in [2.05, 4.69) is 67.8 Å². The van der Waals surface area contributed by atoms with Crippen LogP contribution in [0.5, 0.6) is 0 Å². The van der Waals surface area contributed by atoms with Crippen LogP contribution in [0.1, 0.15) is 277 Å². The predicted molar refractivity (Wildman–Crippen MR) is 309 cm³/mol. The molecular weight excluding hydrogens is 900 g/mol. The van der Waals surface area contributed by atoms with Gasteiger partial charge in [0.2, 0.25) is 5.91 Å². The molecule has 416 valence electrons. The van der Waals surface area contributed by atoms with Crippen molar-refractivity contribution in [1.29, 1.82) is 0 Å². The molecule has 0 spiro atoms. The molecule has 0 radical (unpaired) electrons. The van der Waals surface area contributed by atoms with Crippen molar-refractivity contribution in [2.45, 2.75) is 289 Å². The lowest BCUT2D eigenvalue weighted by molar-refractivity contribution is -0.870. The molecule has 3 atom stereocenters. The summed E-state index contributed by atoms with van der Waals surface area (Å²) in [4.78, 5) is 23.3. The van der Waals surface area contributed by atoms with Crippen molar-refractivity contribution >= 4 is 13.7 Å². The molecule has 3 unspecified atom stereocenters. The van der Waals surface area contributed by atoms with Crippen LogP contribution in [-0.4, -0.2) is 73.4 Å². The van der Waals surface area contributed by atoms with Gasteiger partial charge in [-0.05, 0) is 77.0 Å². The van der Waals surface area contributed by atoms with E-state index in [9.17, 15) is 19.4 Å². The number of carbonyl (C=O) groups is 1. The molecule has 0 aliphatic heterocycles. The highest BCUT2D eigenvalue weighted by molar-refractivity contribution is 7.47. The number of aliphatic hydroxyl groups excluding tert-OH is 1. The Bertz CT molecular complexity index is 1340. The highest BCUT2D eigenvalue weighted by atomic mass is 31.2. The van der Waals surface area contributed by atoms with E-state index in [0.29, 0.717) is 17.4 Å². The van der Waals surface area contributed by atoms with Crippen molar-refractivity contribution in [3.05, 3.63) is 60.8 Å². The number of rotatable bonds is 55. The molecule has 8 nitrogen and oxygen atoms in total. The number of nitrogens with zero attached hydrogens (tertiary/aromatic N) is 1. The fourth-order valence-electron chi connectivity index (χ4n) is 8.69. The number of aliphatic hydroxyl groups is 1. The zero-order valence-corrected chi connectivity index (χ0v) is 48.4. The Kier molecular flexibility index (Phi) is 51.7. The van der Waals surface area contributed by atoms with Crippen LogP contribution in [0.15, 0.2) is 60.8 Å². The average Bonchev–Trinajstić information content (AvgIpc) is 3.33.